The van der Waals surface area contributed by atoms with Gasteiger partial charge in [-0.15, -0.1) is 0 Å². The normalized spacial score (nSPS) is 17.7. The molecule has 28 heavy (non-hydrogen) atoms. The molecular formula is C17H25F4O6S-. The van der Waals surface area contributed by atoms with Crippen molar-refractivity contribution in [2.45, 2.75) is 69.2 Å². The van der Waals surface area contributed by atoms with Gasteiger partial charge in [0.15, 0.2) is 10.1 Å². The summed E-state index contributed by atoms with van der Waals surface area (Å²) in [5, 5.41) is -5.71. The van der Waals surface area contributed by atoms with Crippen LogP contribution in [0, 0.1) is 5.92 Å². The van der Waals surface area contributed by atoms with E-state index in [2.05, 4.69) is 6.58 Å². The van der Waals surface area contributed by atoms with E-state index in [0.29, 0.717) is 0 Å². The van der Waals surface area contributed by atoms with E-state index in [9.17, 15) is 35.3 Å². The van der Waals surface area contributed by atoms with E-state index in [4.69, 9.17) is 9.47 Å². The van der Waals surface area contributed by atoms with E-state index in [1.54, 1.807) is 0 Å². The first-order valence-electron chi connectivity index (χ1n) is 8.86. The molecule has 0 saturated heterocycles. The maximum Gasteiger partial charge on any atom is 0.396 e. The Hall–Kier alpha value is -1.20. The summed E-state index contributed by atoms with van der Waals surface area (Å²) < 4.78 is 93.9. The minimum atomic E-state index is -6.50. The van der Waals surface area contributed by atoms with Crippen LogP contribution in [0.5, 0.6) is 0 Å². The first kappa shape index (κ1) is 24.8. The third kappa shape index (κ3) is 5.66. The second kappa shape index (κ2) is 9.08. The topological polar surface area (TPSA) is 92.7 Å². The average molecular weight is 433 g/mol. The van der Waals surface area contributed by atoms with Crippen molar-refractivity contribution >= 4 is 16.1 Å². The highest BCUT2D eigenvalue weighted by Gasteiger charge is 2.60. The monoisotopic (exact) mass is 433 g/mol. The van der Waals surface area contributed by atoms with Crippen LogP contribution >= 0.6 is 0 Å². The predicted octanol–water partition coefficient (Wildman–Crippen LogP) is 3.62. The fourth-order valence-electron chi connectivity index (χ4n) is 3.01. The Balaban J connectivity index is 2.43. The van der Waals surface area contributed by atoms with E-state index in [0.717, 1.165) is 25.7 Å². The maximum atomic E-state index is 13.3. The molecule has 1 rings (SSSR count). The molecule has 164 valence electrons. The van der Waals surface area contributed by atoms with Gasteiger partial charge in [0.25, 0.3) is 0 Å². The van der Waals surface area contributed by atoms with Crippen molar-refractivity contribution < 1.29 is 44.8 Å². The molecule has 0 bridgehead atoms. The molecule has 0 heterocycles. The average Bonchev–Trinajstić information content (AvgIpc) is 3.02. The van der Waals surface area contributed by atoms with Crippen molar-refractivity contribution in [1.82, 2.24) is 0 Å². The Labute approximate surface area is 162 Å². The van der Waals surface area contributed by atoms with Crippen LogP contribution in [0.1, 0.15) is 52.4 Å². The lowest BCUT2D eigenvalue weighted by atomic mass is 9.88. The van der Waals surface area contributed by atoms with Gasteiger partial charge >= 0.3 is 17.1 Å². The standard InChI is InChI=1S/C17H26F4O6S/c1-12(2)15(7-4-5-8-15)27-14(22)13(3)11-26-10-6-9-16(18,19)17(20,21)28(23,24)25/h12H,3-11H2,1-2H3,(H,23,24,25)/p-1. The molecule has 0 aromatic rings. The molecule has 1 saturated carbocycles. The van der Waals surface area contributed by atoms with E-state index in [-0.39, 0.29) is 18.1 Å². The van der Waals surface area contributed by atoms with Gasteiger partial charge in [0.1, 0.15) is 5.60 Å². The SMILES string of the molecule is C=C(COCCCC(F)(F)C(F)(F)S(=O)(=O)[O-])C(=O)OC1(C(C)C)CCCC1. The second-order valence-corrected chi connectivity index (χ2v) is 8.67. The molecule has 6 nitrogen and oxygen atoms in total. The van der Waals surface area contributed by atoms with Gasteiger partial charge in [-0.25, -0.2) is 13.2 Å². The van der Waals surface area contributed by atoms with Crippen molar-refractivity contribution in [3.63, 3.8) is 0 Å². The van der Waals surface area contributed by atoms with Gasteiger partial charge in [-0.1, -0.05) is 20.4 Å². The van der Waals surface area contributed by atoms with Crippen LogP contribution in [0.15, 0.2) is 12.2 Å². The van der Waals surface area contributed by atoms with Crippen LogP contribution in [-0.2, 0) is 24.4 Å². The summed E-state index contributed by atoms with van der Waals surface area (Å²) in [6.45, 7) is 6.58. The molecule has 1 fully saturated rings. The number of ether oxygens (including phenoxy) is 2. The number of hydrogen-bond acceptors (Lipinski definition) is 6. The lowest BCUT2D eigenvalue weighted by Gasteiger charge is -2.33. The molecule has 0 N–H and O–H groups in total. The zero-order valence-corrected chi connectivity index (χ0v) is 16.6. The highest BCUT2D eigenvalue weighted by atomic mass is 32.2. The molecule has 0 aromatic heterocycles. The van der Waals surface area contributed by atoms with Gasteiger partial charge in [-0.05, 0) is 38.0 Å². The molecule has 11 heteroatoms. The molecular weight excluding hydrogens is 408 g/mol. The molecule has 0 atom stereocenters. The Kier molecular flexibility index (Phi) is 8.06. The van der Waals surface area contributed by atoms with Crippen molar-refractivity contribution in [2.75, 3.05) is 13.2 Å². The molecule has 0 amide bonds. The summed E-state index contributed by atoms with van der Waals surface area (Å²) in [6, 6.07) is 0. The predicted molar refractivity (Wildman–Crippen MR) is 90.9 cm³/mol. The van der Waals surface area contributed by atoms with Crippen LogP contribution in [0.4, 0.5) is 17.6 Å². The number of rotatable bonds is 11. The van der Waals surface area contributed by atoms with Crippen LogP contribution < -0.4 is 0 Å². The number of carbonyl (C=O) groups is 1. The molecule has 0 radical (unpaired) electrons. The first-order valence-corrected chi connectivity index (χ1v) is 10.3. The summed E-state index contributed by atoms with van der Waals surface area (Å²) in [5.41, 5.74) is -0.622. The smallest absolute Gasteiger partial charge is 0.396 e. The third-order valence-electron chi connectivity index (χ3n) is 4.88. The van der Waals surface area contributed by atoms with E-state index in [1.165, 1.54) is 0 Å². The fourth-order valence-corrected chi connectivity index (χ4v) is 3.47. The van der Waals surface area contributed by atoms with Crippen molar-refractivity contribution in [2.24, 2.45) is 5.92 Å². The van der Waals surface area contributed by atoms with E-state index < -0.39 is 52.3 Å². The zero-order chi connectivity index (χ0) is 21.8. The summed E-state index contributed by atoms with van der Waals surface area (Å²) in [6.07, 6.45) is 1.11. The second-order valence-electron chi connectivity index (χ2n) is 7.25. The van der Waals surface area contributed by atoms with Gasteiger partial charge in [0, 0.05) is 13.0 Å². The van der Waals surface area contributed by atoms with Crippen LogP contribution in [-0.4, -0.2) is 48.9 Å². The van der Waals surface area contributed by atoms with Gasteiger partial charge < -0.3 is 14.0 Å². The van der Waals surface area contributed by atoms with Crippen LogP contribution in [0.2, 0.25) is 0 Å². The van der Waals surface area contributed by atoms with Gasteiger partial charge in [0.2, 0.25) is 0 Å². The summed E-state index contributed by atoms with van der Waals surface area (Å²) in [5.74, 6) is -5.60. The van der Waals surface area contributed by atoms with Crippen LogP contribution in [0.25, 0.3) is 0 Å². The molecule has 0 aliphatic heterocycles. The van der Waals surface area contributed by atoms with Crippen molar-refractivity contribution in [1.29, 1.82) is 0 Å². The molecule has 0 spiro atoms. The Morgan fingerprint density at radius 1 is 1.21 bits per heavy atom. The highest BCUT2D eigenvalue weighted by molar-refractivity contribution is 7.86. The number of alkyl halides is 4. The first-order chi connectivity index (χ1) is 12.7. The number of hydrogen-bond donors (Lipinski definition) is 0. The number of halogens is 4. The fraction of sp³-hybridized carbons (Fsp3) is 0.824. The molecule has 1 aliphatic carbocycles. The summed E-state index contributed by atoms with van der Waals surface area (Å²) in [4.78, 5) is 12.2. The van der Waals surface area contributed by atoms with Crippen molar-refractivity contribution in [3.8, 4) is 0 Å². The van der Waals surface area contributed by atoms with Crippen LogP contribution in [0.3, 0.4) is 0 Å². The molecule has 1 aliphatic rings. The summed E-state index contributed by atoms with van der Waals surface area (Å²) in [7, 11) is -6.50. The molecule has 0 aromatic carbocycles. The number of esters is 1. The maximum absolute atomic E-state index is 13.3. The van der Waals surface area contributed by atoms with Gasteiger partial charge in [0.05, 0.1) is 12.2 Å². The van der Waals surface area contributed by atoms with E-state index >= 15 is 0 Å². The third-order valence-corrected chi connectivity index (χ3v) is 5.81. The Bertz CT molecular complexity index is 669. The minimum Gasteiger partial charge on any atom is -0.743 e. The summed E-state index contributed by atoms with van der Waals surface area (Å²) >= 11 is 0. The highest BCUT2D eigenvalue weighted by Crippen LogP contribution is 2.41. The number of carbonyl (C=O) groups excluding carboxylic acids is 1. The minimum absolute atomic E-state index is 0.0499. The quantitative estimate of drug-likeness (QED) is 0.162. The molecule has 0 unspecified atom stereocenters. The van der Waals surface area contributed by atoms with Gasteiger partial charge in [-0.2, -0.15) is 17.6 Å². The zero-order valence-electron chi connectivity index (χ0n) is 15.8. The largest absolute Gasteiger partial charge is 0.743 e. The Morgan fingerprint density at radius 2 is 1.75 bits per heavy atom. The lowest BCUT2D eigenvalue weighted by Crippen LogP contribution is -2.46. The lowest BCUT2D eigenvalue weighted by molar-refractivity contribution is -0.166. The van der Waals surface area contributed by atoms with Gasteiger partial charge in [-0.3, -0.25) is 0 Å². The Morgan fingerprint density at radius 3 is 2.21 bits per heavy atom. The van der Waals surface area contributed by atoms with E-state index in [1.807, 2.05) is 13.8 Å². The van der Waals surface area contributed by atoms with Crippen molar-refractivity contribution in [3.05, 3.63) is 12.2 Å².